The number of hydrogen-bond acceptors (Lipinski definition) is 5. The van der Waals surface area contributed by atoms with Crippen molar-refractivity contribution in [1.29, 1.82) is 0 Å². The lowest BCUT2D eigenvalue weighted by atomic mass is 9.87. The molecule has 8 heteroatoms. The Balaban J connectivity index is 1.48. The molecule has 0 aliphatic rings. The minimum atomic E-state index is -0.283. The van der Waals surface area contributed by atoms with Crippen LogP contribution in [0.4, 0.5) is 11.4 Å². The van der Waals surface area contributed by atoms with Crippen LogP contribution in [0.1, 0.15) is 42.4 Å². The van der Waals surface area contributed by atoms with Gasteiger partial charge in [0.15, 0.2) is 10.8 Å². The molecule has 0 bridgehead atoms. The van der Waals surface area contributed by atoms with Crippen LogP contribution >= 0.6 is 23.8 Å². The molecule has 0 spiro atoms. The zero-order chi connectivity index (χ0) is 20.9. The molecule has 6 nitrogen and oxygen atoms in total. The third-order valence-corrected chi connectivity index (χ3v) is 5.02. The summed E-state index contributed by atoms with van der Waals surface area (Å²) in [5.74, 6) is -0.283. The molecule has 0 atom stereocenters. The lowest BCUT2D eigenvalue weighted by Gasteiger charge is -2.19. The standard InChI is InChI=1S/C21H23N5OS2/c1-21(2,3)15-6-4-14(5-7-15)12-22-20(28)24-17-10-8-16(9-11-17)23-19(27)18-13-29-26-25-18/h4-11,13H,12H2,1-3H3,(H,23,27)(H2,22,24,28). The molecule has 0 fully saturated rings. The Morgan fingerprint density at radius 2 is 1.62 bits per heavy atom. The second-order valence-corrected chi connectivity index (χ2v) is 8.59. The maximum absolute atomic E-state index is 12.0. The largest absolute Gasteiger partial charge is 0.358 e. The minimum absolute atomic E-state index is 0.144. The molecule has 0 aliphatic carbocycles. The van der Waals surface area contributed by atoms with E-state index in [1.54, 1.807) is 17.5 Å². The van der Waals surface area contributed by atoms with Gasteiger partial charge in [0.05, 0.1) is 0 Å². The average molecular weight is 426 g/mol. The van der Waals surface area contributed by atoms with Crippen molar-refractivity contribution in [3.05, 3.63) is 70.7 Å². The maximum atomic E-state index is 12.0. The molecule has 0 saturated carbocycles. The normalized spacial score (nSPS) is 11.0. The molecule has 0 saturated heterocycles. The molecule has 2 aromatic carbocycles. The van der Waals surface area contributed by atoms with Crippen LogP contribution in [0, 0.1) is 0 Å². The zero-order valence-electron chi connectivity index (χ0n) is 16.5. The van der Waals surface area contributed by atoms with E-state index in [1.807, 2.05) is 12.1 Å². The van der Waals surface area contributed by atoms with Gasteiger partial charge in [-0.3, -0.25) is 4.79 Å². The predicted molar refractivity (Wildman–Crippen MR) is 123 cm³/mol. The van der Waals surface area contributed by atoms with Crippen molar-refractivity contribution in [3.8, 4) is 0 Å². The highest BCUT2D eigenvalue weighted by Gasteiger charge is 2.13. The van der Waals surface area contributed by atoms with Gasteiger partial charge in [-0.05, 0) is 64.6 Å². The quantitative estimate of drug-likeness (QED) is 0.520. The van der Waals surface area contributed by atoms with E-state index < -0.39 is 0 Å². The van der Waals surface area contributed by atoms with E-state index in [2.05, 4.69) is 70.6 Å². The molecule has 3 N–H and O–H groups in total. The van der Waals surface area contributed by atoms with Crippen molar-refractivity contribution >= 4 is 46.1 Å². The van der Waals surface area contributed by atoms with E-state index in [9.17, 15) is 4.79 Å². The van der Waals surface area contributed by atoms with Crippen LogP contribution in [0.5, 0.6) is 0 Å². The van der Waals surface area contributed by atoms with Crippen molar-refractivity contribution in [1.82, 2.24) is 14.9 Å². The van der Waals surface area contributed by atoms with Gasteiger partial charge in [-0.1, -0.05) is 49.5 Å². The monoisotopic (exact) mass is 425 g/mol. The molecule has 0 aliphatic heterocycles. The molecule has 29 heavy (non-hydrogen) atoms. The Kier molecular flexibility index (Phi) is 6.56. The maximum Gasteiger partial charge on any atom is 0.277 e. The van der Waals surface area contributed by atoms with Gasteiger partial charge in [-0.15, -0.1) is 5.10 Å². The van der Waals surface area contributed by atoms with Gasteiger partial charge in [0.1, 0.15) is 0 Å². The van der Waals surface area contributed by atoms with Crippen molar-refractivity contribution < 1.29 is 4.79 Å². The third kappa shape index (κ3) is 6.07. The lowest BCUT2D eigenvalue weighted by Crippen LogP contribution is -2.27. The van der Waals surface area contributed by atoms with Gasteiger partial charge in [0.2, 0.25) is 0 Å². The van der Waals surface area contributed by atoms with E-state index in [-0.39, 0.29) is 11.3 Å². The number of thiocarbonyl (C=S) groups is 1. The topological polar surface area (TPSA) is 78.9 Å². The van der Waals surface area contributed by atoms with E-state index in [0.29, 0.717) is 23.0 Å². The van der Waals surface area contributed by atoms with Gasteiger partial charge in [-0.25, -0.2) is 0 Å². The Bertz CT molecular complexity index is 962. The van der Waals surface area contributed by atoms with Crippen molar-refractivity contribution in [3.63, 3.8) is 0 Å². The highest BCUT2D eigenvalue weighted by molar-refractivity contribution is 7.80. The molecule has 0 unspecified atom stereocenters. The Labute approximate surface area is 179 Å². The zero-order valence-corrected chi connectivity index (χ0v) is 18.2. The Hall–Kier alpha value is -2.84. The van der Waals surface area contributed by atoms with Crippen LogP contribution in [-0.4, -0.2) is 20.6 Å². The van der Waals surface area contributed by atoms with Gasteiger partial charge >= 0.3 is 0 Å². The molecular formula is C21H23N5OS2. The summed E-state index contributed by atoms with van der Waals surface area (Å²) in [7, 11) is 0. The fourth-order valence-corrected chi connectivity index (χ4v) is 3.20. The number of benzene rings is 2. The smallest absolute Gasteiger partial charge is 0.277 e. The summed E-state index contributed by atoms with van der Waals surface area (Å²) >= 11 is 6.51. The number of anilines is 2. The molecule has 1 aromatic heterocycles. The van der Waals surface area contributed by atoms with E-state index in [1.165, 1.54) is 5.56 Å². The fourth-order valence-electron chi connectivity index (χ4n) is 2.58. The van der Waals surface area contributed by atoms with E-state index in [4.69, 9.17) is 12.2 Å². The summed E-state index contributed by atoms with van der Waals surface area (Å²) in [6.07, 6.45) is 0. The summed E-state index contributed by atoms with van der Waals surface area (Å²) in [5.41, 5.74) is 4.42. The highest BCUT2D eigenvalue weighted by Crippen LogP contribution is 2.22. The second-order valence-electron chi connectivity index (χ2n) is 7.58. The number of carbonyl (C=O) groups excluding carboxylic acids is 1. The molecular weight excluding hydrogens is 402 g/mol. The first-order chi connectivity index (χ1) is 13.8. The molecule has 150 valence electrons. The second kappa shape index (κ2) is 9.11. The molecule has 0 radical (unpaired) electrons. The van der Waals surface area contributed by atoms with Crippen LogP contribution in [0.25, 0.3) is 0 Å². The van der Waals surface area contributed by atoms with Gasteiger partial charge in [-0.2, -0.15) is 0 Å². The first kappa shape index (κ1) is 20.9. The summed E-state index contributed by atoms with van der Waals surface area (Å²) < 4.78 is 3.69. The van der Waals surface area contributed by atoms with Crippen molar-refractivity contribution in [2.24, 2.45) is 0 Å². The summed E-state index contributed by atoms with van der Waals surface area (Å²) in [6.45, 7) is 7.25. The predicted octanol–water partition coefficient (Wildman–Crippen LogP) is 4.57. The average Bonchev–Trinajstić information content (AvgIpc) is 3.22. The Morgan fingerprint density at radius 3 is 2.17 bits per heavy atom. The van der Waals surface area contributed by atoms with Crippen molar-refractivity contribution in [2.75, 3.05) is 10.6 Å². The summed E-state index contributed by atoms with van der Waals surface area (Å²) in [6, 6.07) is 15.8. The van der Waals surface area contributed by atoms with Gasteiger partial charge in [0, 0.05) is 23.3 Å². The summed E-state index contributed by atoms with van der Waals surface area (Å²) in [5, 5.41) is 15.0. The molecule has 3 rings (SSSR count). The SMILES string of the molecule is CC(C)(C)c1ccc(CNC(=S)Nc2ccc(NC(=O)c3csnn3)cc2)cc1. The minimum Gasteiger partial charge on any atom is -0.358 e. The lowest BCUT2D eigenvalue weighted by molar-refractivity contribution is 0.102. The van der Waals surface area contributed by atoms with Crippen molar-refractivity contribution in [2.45, 2.75) is 32.7 Å². The number of hydrogen-bond donors (Lipinski definition) is 3. The number of nitrogens with one attached hydrogen (secondary N) is 3. The first-order valence-corrected chi connectivity index (χ1v) is 10.4. The van der Waals surface area contributed by atoms with E-state index >= 15 is 0 Å². The summed E-state index contributed by atoms with van der Waals surface area (Å²) in [4.78, 5) is 12.0. The highest BCUT2D eigenvalue weighted by atomic mass is 32.1. The number of nitrogens with zero attached hydrogens (tertiary/aromatic N) is 2. The molecule has 3 aromatic rings. The number of amides is 1. The fraction of sp³-hybridized carbons (Fsp3) is 0.238. The molecule has 1 heterocycles. The van der Waals surface area contributed by atoms with E-state index in [0.717, 1.165) is 22.8 Å². The van der Waals surface area contributed by atoms with Crippen LogP contribution in [0.2, 0.25) is 0 Å². The van der Waals surface area contributed by atoms with Crippen LogP contribution < -0.4 is 16.0 Å². The van der Waals surface area contributed by atoms with Crippen LogP contribution in [0.15, 0.2) is 53.9 Å². The molecule has 1 amide bonds. The van der Waals surface area contributed by atoms with Gasteiger partial charge in [0.25, 0.3) is 5.91 Å². The number of rotatable bonds is 5. The first-order valence-electron chi connectivity index (χ1n) is 9.14. The Morgan fingerprint density at radius 1 is 1.00 bits per heavy atom. The number of aromatic nitrogens is 2. The third-order valence-electron chi connectivity index (χ3n) is 4.27. The number of carbonyl (C=O) groups is 1. The van der Waals surface area contributed by atoms with Gasteiger partial charge < -0.3 is 16.0 Å². The van der Waals surface area contributed by atoms with Crippen LogP contribution in [0.3, 0.4) is 0 Å². The van der Waals surface area contributed by atoms with Crippen LogP contribution in [-0.2, 0) is 12.0 Å².